The van der Waals surface area contributed by atoms with Crippen molar-refractivity contribution in [3.63, 3.8) is 0 Å². The average Bonchev–Trinajstić information content (AvgIpc) is 2.15. The molecule has 14 heavy (non-hydrogen) atoms. The zero-order valence-corrected chi connectivity index (χ0v) is 8.67. The lowest BCUT2D eigenvalue weighted by Gasteiger charge is -2.11. The molecule has 1 unspecified atom stereocenters. The summed E-state index contributed by atoms with van der Waals surface area (Å²) in [5, 5.41) is 14.0. The molecule has 0 spiro atoms. The number of carbonyl (C=O) groups excluding carboxylic acids is 1. The lowest BCUT2D eigenvalue weighted by Crippen LogP contribution is -2.42. The summed E-state index contributed by atoms with van der Waals surface area (Å²) in [7, 11) is 0. The van der Waals surface area contributed by atoms with E-state index >= 15 is 0 Å². The fraction of sp³-hybridized carbons (Fsp3) is 0.778. The van der Waals surface area contributed by atoms with Crippen LogP contribution in [0.2, 0.25) is 0 Å². The highest BCUT2D eigenvalue weighted by molar-refractivity contribution is 5.79. The number of carbonyl (C=O) groups is 2. The standard InChI is InChI=1S/C9H18N2O3/c1-3-5-10-8(12)6-11-7(4-2)9(13)14/h7,11H,3-6H2,1-2H3,(H,10,12)(H,13,14). The Bertz CT molecular complexity index is 194. The van der Waals surface area contributed by atoms with E-state index in [0.29, 0.717) is 13.0 Å². The van der Waals surface area contributed by atoms with E-state index < -0.39 is 12.0 Å². The number of carboxylic acid groups (broad SMARTS) is 1. The van der Waals surface area contributed by atoms with E-state index in [-0.39, 0.29) is 12.5 Å². The molecule has 0 fully saturated rings. The monoisotopic (exact) mass is 202 g/mol. The second kappa shape index (κ2) is 7.32. The lowest BCUT2D eigenvalue weighted by atomic mass is 10.2. The van der Waals surface area contributed by atoms with E-state index in [4.69, 9.17) is 5.11 Å². The Morgan fingerprint density at radius 2 is 2.00 bits per heavy atom. The van der Waals surface area contributed by atoms with Crippen LogP contribution in [0.1, 0.15) is 26.7 Å². The van der Waals surface area contributed by atoms with Crippen LogP contribution < -0.4 is 10.6 Å². The van der Waals surface area contributed by atoms with E-state index in [9.17, 15) is 9.59 Å². The van der Waals surface area contributed by atoms with E-state index in [1.54, 1.807) is 6.92 Å². The predicted molar refractivity (Wildman–Crippen MR) is 53.0 cm³/mol. The topological polar surface area (TPSA) is 78.4 Å². The fourth-order valence-corrected chi connectivity index (χ4v) is 0.949. The van der Waals surface area contributed by atoms with Gasteiger partial charge < -0.3 is 10.4 Å². The first kappa shape index (κ1) is 12.9. The fourth-order valence-electron chi connectivity index (χ4n) is 0.949. The Balaban J connectivity index is 3.68. The summed E-state index contributed by atoms with van der Waals surface area (Å²) in [5.41, 5.74) is 0. The van der Waals surface area contributed by atoms with Crippen LogP contribution in [0.15, 0.2) is 0 Å². The number of amides is 1. The van der Waals surface area contributed by atoms with Gasteiger partial charge in [0.15, 0.2) is 0 Å². The third kappa shape index (κ3) is 5.53. The molecular weight excluding hydrogens is 184 g/mol. The van der Waals surface area contributed by atoms with Crippen molar-refractivity contribution in [3.05, 3.63) is 0 Å². The number of aliphatic carboxylic acids is 1. The molecular formula is C9H18N2O3. The van der Waals surface area contributed by atoms with Crippen LogP contribution in [0, 0.1) is 0 Å². The molecule has 0 aromatic heterocycles. The summed E-state index contributed by atoms with van der Waals surface area (Å²) in [6, 6.07) is -0.637. The maximum atomic E-state index is 11.1. The van der Waals surface area contributed by atoms with Gasteiger partial charge in [-0.05, 0) is 12.8 Å². The Morgan fingerprint density at radius 1 is 1.36 bits per heavy atom. The molecule has 0 aromatic rings. The van der Waals surface area contributed by atoms with Gasteiger partial charge in [-0.2, -0.15) is 0 Å². The van der Waals surface area contributed by atoms with E-state index in [2.05, 4.69) is 10.6 Å². The smallest absolute Gasteiger partial charge is 0.320 e. The maximum Gasteiger partial charge on any atom is 0.320 e. The molecule has 1 atom stereocenters. The van der Waals surface area contributed by atoms with Crippen LogP contribution in [0.4, 0.5) is 0 Å². The van der Waals surface area contributed by atoms with Crippen LogP contribution in [-0.4, -0.2) is 36.1 Å². The Labute approximate surface area is 83.9 Å². The van der Waals surface area contributed by atoms with Gasteiger partial charge in [-0.3, -0.25) is 14.9 Å². The third-order valence-electron chi connectivity index (χ3n) is 1.79. The van der Waals surface area contributed by atoms with Gasteiger partial charge >= 0.3 is 5.97 Å². The molecule has 0 heterocycles. The summed E-state index contributed by atoms with van der Waals surface area (Å²) in [5.74, 6) is -1.08. The minimum absolute atomic E-state index is 0.0603. The molecule has 5 heteroatoms. The zero-order chi connectivity index (χ0) is 11.0. The van der Waals surface area contributed by atoms with Gasteiger partial charge in [0.2, 0.25) is 5.91 Å². The molecule has 0 saturated heterocycles. The summed E-state index contributed by atoms with van der Waals surface area (Å²) in [6.45, 7) is 4.41. The molecule has 0 aliphatic carbocycles. The van der Waals surface area contributed by atoms with Crippen molar-refractivity contribution in [1.29, 1.82) is 0 Å². The molecule has 0 aromatic carbocycles. The van der Waals surface area contributed by atoms with Gasteiger partial charge in [0.25, 0.3) is 0 Å². The van der Waals surface area contributed by atoms with Crippen LogP contribution in [0.5, 0.6) is 0 Å². The Hall–Kier alpha value is -1.10. The lowest BCUT2D eigenvalue weighted by molar-refractivity contribution is -0.139. The molecule has 0 radical (unpaired) electrons. The van der Waals surface area contributed by atoms with Crippen LogP contribution in [-0.2, 0) is 9.59 Å². The van der Waals surface area contributed by atoms with Crippen molar-refractivity contribution in [2.24, 2.45) is 0 Å². The van der Waals surface area contributed by atoms with Crippen molar-refractivity contribution in [3.8, 4) is 0 Å². The molecule has 3 N–H and O–H groups in total. The van der Waals surface area contributed by atoms with Gasteiger partial charge in [-0.25, -0.2) is 0 Å². The molecule has 0 rings (SSSR count). The first-order valence-corrected chi connectivity index (χ1v) is 4.84. The number of hydrogen-bond donors (Lipinski definition) is 3. The molecule has 0 aliphatic rings. The van der Waals surface area contributed by atoms with Crippen molar-refractivity contribution in [2.75, 3.05) is 13.1 Å². The van der Waals surface area contributed by atoms with E-state index in [1.807, 2.05) is 6.92 Å². The molecule has 1 amide bonds. The van der Waals surface area contributed by atoms with Crippen LogP contribution in [0.25, 0.3) is 0 Å². The van der Waals surface area contributed by atoms with Gasteiger partial charge in [-0.1, -0.05) is 13.8 Å². The quantitative estimate of drug-likeness (QED) is 0.541. The zero-order valence-electron chi connectivity index (χ0n) is 8.67. The Morgan fingerprint density at radius 3 is 2.43 bits per heavy atom. The SMILES string of the molecule is CCCNC(=O)CNC(CC)C(=O)O. The summed E-state index contributed by atoms with van der Waals surface area (Å²) >= 11 is 0. The van der Waals surface area contributed by atoms with Crippen molar-refractivity contribution >= 4 is 11.9 Å². The van der Waals surface area contributed by atoms with E-state index in [1.165, 1.54) is 0 Å². The van der Waals surface area contributed by atoms with Gasteiger partial charge in [0.1, 0.15) is 6.04 Å². The summed E-state index contributed by atoms with van der Waals surface area (Å²) in [6.07, 6.45) is 1.35. The average molecular weight is 202 g/mol. The van der Waals surface area contributed by atoms with Gasteiger partial charge in [0, 0.05) is 6.54 Å². The van der Waals surface area contributed by atoms with Gasteiger partial charge in [0.05, 0.1) is 6.54 Å². The molecule has 0 saturated carbocycles. The maximum absolute atomic E-state index is 11.1. The third-order valence-corrected chi connectivity index (χ3v) is 1.79. The predicted octanol–water partition coefficient (Wildman–Crippen LogP) is -0.0346. The molecule has 0 aliphatic heterocycles. The van der Waals surface area contributed by atoms with E-state index in [0.717, 1.165) is 6.42 Å². The first-order valence-electron chi connectivity index (χ1n) is 4.84. The molecule has 5 nitrogen and oxygen atoms in total. The van der Waals surface area contributed by atoms with Crippen molar-refractivity contribution < 1.29 is 14.7 Å². The number of rotatable bonds is 7. The highest BCUT2D eigenvalue weighted by Crippen LogP contribution is 1.89. The van der Waals surface area contributed by atoms with Gasteiger partial charge in [-0.15, -0.1) is 0 Å². The van der Waals surface area contributed by atoms with Crippen LogP contribution in [0.3, 0.4) is 0 Å². The minimum Gasteiger partial charge on any atom is -0.480 e. The second-order valence-corrected chi connectivity index (χ2v) is 3.03. The molecule has 0 bridgehead atoms. The molecule has 82 valence electrons. The van der Waals surface area contributed by atoms with Crippen molar-refractivity contribution in [1.82, 2.24) is 10.6 Å². The minimum atomic E-state index is -0.921. The number of carboxylic acids is 1. The van der Waals surface area contributed by atoms with Crippen molar-refractivity contribution in [2.45, 2.75) is 32.7 Å². The first-order chi connectivity index (χ1) is 6.61. The van der Waals surface area contributed by atoms with Crippen LogP contribution >= 0.6 is 0 Å². The highest BCUT2D eigenvalue weighted by atomic mass is 16.4. The highest BCUT2D eigenvalue weighted by Gasteiger charge is 2.14. The summed E-state index contributed by atoms with van der Waals surface area (Å²) < 4.78 is 0. The second-order valence-electron chi connectivity index (χ2n) is 3.03. The largest absolute Gasteiger partial charge is 0.480 e. The Kier molecular flexibility index (Phi) is 6.74. The number of nitrogens with one attached hydrogen (secondary N) is 2. The number of hydrogen-bond acceptors (Lipinski definition) is 3. The summed E-state index contributed by atoms with van der Waals surface area (Å²) in [4.78, 5) is 21.6. The normalized spacial score (nSPS) is 12.1.